The van der Waals surface area contributed by atoms with Crippen LogP contribution in [-0.4, -0.2) is 50.3 Å². The van der Waals surface area contributed by atoms with Gasteiger partial charge in [-0.3, -0.25) is 4.79 Å². The molecule has 0 aliphatic rings. The van der Waals surface area contributed by atoms with Crippen molar-refractivity contribution in [2.45, 2.75) is 58.8 Å². The van der Waals surface area contributed by atoms with Gasteiger partial charge < -0.3 is 4.74 Å². The second-order valence-electron chi connectivity index (χ2n) is 3.38. The molecule has 0 aromatic carbocycles. The molecular weight excluding hydrogens is 204 g/mol. The standard InChI is InChI=1S/C11H22O2.Ca.2H/c1-3-5-7-8-9-11(12)13-10-6-4-2;;;/h3-10H2,1-2H3;;;. The van der Waals surface area contributed by atoms with E-state index in [0.717, 1.165) is 25.7 Å². The maximum absolute atomic E-state index is 11.1. The van der Waals surface area contributed by atoms with Crippen LogP contribution in [0, 0.1) is 0 Å². The average molecular weight is 228 g/mol. The van der Waals surface area contributed by atoms with Crippen LogP contribution in [0.3, 0.4) is 0 Å². The summed E-state index contributed by atoms with van der Waals surface area (Å²) in [6.45, 7) is 4.86. The number of carbonyl (C=O) groups excluding carboxylic acids is 1. The molecule has 0 atom stereocenters. The Kier molecular flexibility index (Phi) is 16.8. The minimum absolute atomic E-state index is 0. The molecule has 0 N–H and O–H groups in total. The molecule has 0 unspecified atom stereocenters. The molecular formula is C11H24CaO2. The van der Waals surface area contributed by atoms with E-state index >= 15 is 0 Å². The third-order valence-electron chi connectivity index (χ3n) is 2.00. The molecule has 0 bridgehead atoms. The normalized spacial score (nSPS) is 9.29. The molecule has 0 amide bonds. The number of hydrogen-bond acceptors (Lipinski definition) is 2. The van der Waals surface area contributed by atoms with E-state index < -0.39 is 0 Å². The minimum atomic E-state index is -0.0236. The van der Waals surface area contributed by atoms with E-state index in [0.29, 0.717) is 13.0 Å². The van der Waals surface area contributed by atoms with Gasteiger partial charge in [-0.05, 0) is 12.8 Å². The third kappa shape index (κ3) is 12.7. The summed E-state index contributed by atoms with van der Waals surface area (Å²) in [6.07, 6.45) is 7.25. The summed E-state index contributed by atoms with van der Waals surface area (Å²) in [7, 11) is 0. The first-order valence-electron chi connectivity index (χ1n) is 5.46. The molecule has 0 aromatic heterocycles. The van der Waals surface area contributed by atoms with Crippen molar-refractivity contribution in [1.82, 2.24) is 0 Å². The molecule has 0 fully saturated rings. The zero-order valence-corrected chi connectivity index (χ0v) is 8.97. The maximum atomic E-state index is 11.1. The van der Waals surface area contributed by atoms with Gasteiger partial charge in [0, 0.05) is 6.42 Å². The second-order valence-corrected chi connectivity index (χ2v) is 3.38. The molecule has 0 spiro atoms. The monoisotopic (exact) mass is 228 g/mol. The Morgan fingerprint density at radius 3 is 2.21 bits per heavy atom. The summed E-state index contributed by atoms with van der Waals surface area (Å²) in [6, 6.07) is 0. The van der Waals surface area contributed by atoms with Gasteiger partial charge in [-0.1, -0.05) is 39.5 Å². The van der Waals surface area contributed by atoms with Gasteiger partial charge in [0.25, 0.3) is 0 Å². The summed E-state index contributed by atoms with van der Waals surface area (Å²) < 4.78 is 5.02. The molecule has 82 valence electrons. The first-order valence-corrected chi connectivity index (χ1v) is 5.46. The van der Waals surface area contributed by atoms with Crippen LogP contribution >= 0.6 is 0 Å². The van der Waals surface area contributed by atoms with Gasteiger partial charge in [0.15, 0.2) is 0 Å². The average Bonchev–Trinajstić information content (AvgIpc) is 2.13. The Morgan fingerprint density at radius 2 is 1.64 bits per heavy atom. The zero-order valence-electron chi connectivity index (χ0n) is 8.97. The molecule has 0 aliphatic heterocycles. The van der Waals surface area contributed by atoms with Crippen molar-refractivity contribution in [1.29, 1.82) is 0 Å². The fraction of sp³-hybridized carbons (Fsp3) is 0.909. The molecule has 0 saturated heterocycles. The summed E-state index contributed by atoms with van der Waals surface area (Å²) in [4.78, 5) is 11.1. The van der Waals surface area contributed by atoms with Crippen LogP contribution in [-0.2, 0) is 9.53 Å². The molecule has 2 nitrogen and oxygen atoms in total. The fourth-order valence-corrected chi connectivity index (χ4v) is 1.10. The van der Waals surface area contributed by atoms with E-state index in [-0.39, 0.29) is 43.7 Å². The van der Waals surface area contributed by atoms with Gasteiger partial charge in [0.2, 0.25) is 0 Å². The number of rotatable bonds is 8. The molecule has 3 heteroatoms. The number of carbonyl (C=O) groups is 1. The predicted octanol–water partition coefficient (Wildman–Crippen LogP) is 2.38. The quantitative estimate of drug-likeness (QED) is 0.362. The number of ether oxygens (including phenoxy) is 1. The van der Waals surface area contributed by atoms with Crippen molar-refractivity contribution in [2.75, 3.05) is 6.61 Å². The fourth-order valence-electron chi connectivity index (χ4n) is 1.10. The summed E-state index contributed by atoms with van der Waals surface area (Å²) in [5.74, 6) is -0.0236. The molecule has 0 heterocycles. The van der Waals surface area contributed by atoms with Gasteiger partial charge in [0.05, 0.1) is 6.61 Å². The van der Waals surface area contributed by atoms with Gasteiger partial charge >= 0.3 is 43.7 Å². The SMILES string of the molecule is CCCCCCC(=O)OCCCC.[CaH2]. The van der Waals surface area contributed by atoms with Crippen molar-refractivity contribution in [3.8, 4) is 0 Å². The summed E-state index contributed by atoms with van der Waals surface area (Å²) in [5, 5.41) is 0. The van der Waals surface area contributed by atoms with Crippen LogP contribution in [0.5, 0.6) is 0 Å². The summed E-state index contributed by atoms with van der Waals surface area (Å²) >= 11 is 0. The van der Waals surface area contributed by atoms with Crippen LogP contribution in [0.4, 0.5) is 0 Å². The molecule has 0 aromatic rings. The van der Waals surface area contributed by atoms with E-state index in [4.69, 9.17) is 4.74 Å². The third-order valence-corrected chi connectivity index (χ3v) is 2.00. The van der Waals surface area contributed by atoms with Crippen LogP contribution in [0.25, 0.3) is 0 Å². The molecule has 14 heavy (non-hydrogen) atoms. The molecule has 0 radical (unpaired) electrons. The van der Waals surface area contributed by atoms with Crippen molar-refractivity contribution < 1.29 is 9.53 Å². The first-order chi connectivity index (χ1) is 6.31. The number of unbranched alkanes of at least 4 members (excludes halogenated alkanes) is 4. The Balaban J connectivity index is 0. The first kappa shape index (κ1) is 17.1. The Bertz CT molecular complexity index is 126. The van der Waals surface area contributed by atoms with E-state index in [1.165, 1.54) is 12.8 Å². The Labute approximate surface area is 118 Å². The Hall–Kier alpha value is 0.730. The van der Waals surface area contributed by atoms with Crippen LogP contribution in [0.1, 0.15) is 58.8 Å². The van der Waals surface area contributed by atoms with Crippen molar-refractivity contribution in [3.05, 3.63) is 0 Å². The predicted molar refractivity (Wildman–Crippen MR) is 63.2 cm³/mol. The van der Waals surface area contributed by atoms with E-state index in [1.807, 2.05) is 0 Å². The second kappa shape index (κ2) is 13.7. The molecule has 0 aliphatic carbocycles. The van der Waals surface area contributed by atoms with Gasteiger partial charge in [-0.15, -0.1) is 0 Å². The molecule has 0 rings (SSSR count). The van der Waals surface area contributed by atoms with E-state index in [9.17, 15) is 4.79 Å². The van der Waals surface area contributed by atoms with E-state index in [2.05, 4.69) is 13.8 Å². The van der Waals surface area contributed by atoms with Crippen molar-refractivity contribution in [2.24, 2.45) is 0 Å². The number of esters is 1. The molecule has 0 saturated carbocycles. The van der Waals surface area contributed by atoms with Gasteiger partial charge in [0.1, 0.15) is 0 Å². The van der Waals surface area contributed by atoms with Crippen LogP contribution in [0.2, 0.25) is 0 Å². The summed E-state index contributed by atoms with van der Waals surface area (Å²) in [5.41, 5.74) is 0. The van der Waals surface area contributed by atoms with E-state index in [1.54, 1.807) is 0 Å². The Morgan fingerprint density at radius 1 is 1.00 bits per heavy atom. The van der Waals surface area contributed by atoms with Crippen molar-refractivity contribution in [3.63, 3.8) is 0 Å². The zero-order chi connectivity index (χ0) is 9.94. The van der Waals surface area contributed by atoms with Gasteiger partial charge in [-0.25, -0.2) is 0 Å². The van der Waals surface area contributed by atoms with Crippen molar-refractivity contribution >= 4 is 43.7 Å². The number of hydrogen-bond donors (Lipinski definition) is 0. The topological polar surface area (TPSA) is 26.3 Å². The van der Waals surface area contributed by atoms with Gasteiger partial charge in [-0.2, -0.15) is 0 Å². The van der Waals surface area contributed by atoms with Crippen LogP contribution < -0.4 is 0 Å². The van der Waals surface area contributed by atoms with Crippen LogP contribution in [0.15, 0.2) is 0 Å².